The summed E-state index contributed by atoms with van der Waals surface area (Å²) in [5.41, 5.74) is 2.50. The van der Waals surface area contributed by atoms with Crippen LogP contribution in [0.15, 0.2) is 69.3 Å². The van der Waals surface area contributed by atoms with E-state index in [0.29, 0.717) is 41.8 Å². The fourth-order valence-electron chi connectivity index (χ4n) is 3.98. The number of rotatable bonds is 5. The van der Waals surface area contributed by atoms with Crippen LogP contribution in [-0.4, -0.2) is 37.5 Å². The highest BCUT2D eigenvalue weighted by molar-refractivity contribution is 6.33. The maximum absolute atomic E-state index is 13.0. The molecule has 3 heterocycles. The molecule has 0 aliphatic carbocycles. The van der Waals surface area contributed by atoms with Gasteiger partial charge in [-0.15, -0.1) is 0 Å². The third kappa shape index (κ3) is 3.60. The summed E-state index contributed by atoms with van der Waals surface area (Å²) in [7, 11) is 3.09. The summed E-state index contributed by atoms with van der Waals surface area (Å²) in [5.74, 6) is 0.518. The predicted molar refractivity (Wildman–Crippen MR) is 130 cm³/mol. The van der Waals surface area contributed by atoms with Crippen molar-refractivity contribution in [3.8, 4) is 0 Å². The molecule has 1 aliphatic heterocycles. The van der Waals surface area contributed by atoms with Crippen LogP contribution in [0.2, 0.25) is 5.02 Å². The van der Waals surface area contributed by atoms with Gasteiger partial charge in [-0.1, -0.05) is 54.1 Å². The third-order valence-corrected chi connectivity index (χ3v) is 6.06. The summed E-state index contributed by atoms with van der Waals surface area (Å²) < 4.78 is 4.33. The number of aryl methyl sites for hydroxylation is 1. The van der Waals surface area contributed by atoms with Gasteiger partial charge in [-0.2, -0.15) is 10.1 Å². The number of hydrazone groups is 1. The molecule has 0 bridgehead atoms. The van der Waals surface area contributed by atoms with Crippen molar-refractivity contribution in [2.75, 3.05) is 23.4 Å². The zero-order valence-electron chi connectivity index (χ0n) is 18.2. The Hall–Kier alpha value is -3.85. The lowest BCUT2D eigenvalue weighted by Crippen LogP contribution is -2.38. The van der Waals surface area contributed by atoms with E-state index in [1.165, 1.54) is 11.6 Å². The zero-order valence-corrected chi connectivity index (χ0v) is 19.0. The number of anilines is 2. The van der Waals surface area contributed by atoms with E-state index in [4.69, 9.17) is 16.7 Å². The van der Waals surface area contributed by atoms with Gasteiger partial charge in [0.2, 0.25) is 5.95 Å². The van der Waals surface area contributed by atoms with Gasteiger partial charge >= 0.3 is 5.69 Å². The lowest BCUT2D eigenvalue weighted by atomic mass is 10.1. The van der Waals surface area contributed by atoms with E-state index < -0.39 is 5.69 Å². The van der Waals surface area contributed by atoms with Gasteiger partial charge in [-0.25, -0.2) is 9.80 Å². The summed E-state index contributed by atoms with van der Waals surface area (Å²) in [5, 5.41) is 10.6. The first-order chi connectivity index (χ1) is 16.0. The van der Waals surface area contributed by atoms with E-state index >= 15 is 0 Å². The Labute approximate surface area is 194 Å². The Balaban J connectivity index is 1.58. The summed E-state index contributed by atoms with van der Waals surface area (Å²) >= 11 is 6.26. The number of nitrogens with zero attached hydrogens (tertiary/aromatic N) is 6. The van der Waals surface area contributed by atoms with Crippen LogP contribution in [0.1, 0.15) is 5.56 Å². The molecule has 0 unspecified atom stereocenters. The monoisotopic (exact) mass is 463 g/mol. The Morgan fingerprint density at radius 1 is 1.00 bits per heavy atom. The minimum absolute atomic E-state index is 0.340. The molecule has 4 aromatic rings. The van der Waals surface area contributed by atoms with Crippen LogP contribution in [0.5, 0.6) is 0 Å². The number of imidazole rings is 1. The van der Waals surface area contributed by atoms with Crippen molar-refractivity contribution < 1.29 is 0 Å². The second-order valence-corrected chi connectivity index (χ2v) is 8.23. The van der Waals surface area contributed by atoms with Gasteiger partial charge in [-0.05, 0) is 17.7 Å². The van der Waals surface area contributed by atoms with Crippen molar-refractivity contribution in [3.63, 3.8) is 0 Å². The van der Waals surface area contributed by atoms with E-state index in [1.54, 1.807) is 12.1 Å². The minimum atomic E-state index is -0.418. The van der Waals surface area contributed by atoms with Gasteiger partial charge in [-0.3, -0.25) is 18.5 Å². The fourth-order valence-corrected chi connectivity index (χ4v) is 4.19. The first kappa shape index (κ1) is 21.0. The van der Waals surface area contributed by atoms with Crippen LogP contribution < -0.4 is 21.6 Å². The van der Waals surface area contributed by atoms with E-state index in [1.807, 2.05) is 59.2 Å². The van der Waals surface area contributed by atoms with Crippen LogP contribution in [0.3, 0.4) is 0 Å². The molecule has 10 heteroatoms. The summed E-state index contributed by atoms with van der Waals surface area (Å²) in [4.78, 5) is 30.1. The second kappa shape index (κ2) is 8.25. The van der Waals surface area contributed by atoms with E-state index in [0.717, 1.165) is 21.5 Å². The first-order valence-electron chi connectivity index (χ1n) is 10.5. The number of para-hydroxylation sites is 1. The normalized spacial score (nSPS) is 13.2. The molecule has 33 heavy (non-hydrogen) atoms. The Bertz CT molecular complexity index is 1500. The topological polar surface area (TPSA) is 89.4 Å². The van der Waals surface area contributed by atoms with Crippen molar-refractivity contribution in [1.29, 1.82) is 0 Å². The number of nitrogens with one attached hydrogen (secondary N) is 1. The number of halogens is 1. The highest BCUT2D eigenvalue weighted by Gasteiger charge is 2.27. The standard InChI is InChI=1S/C23H22ClN7O2/c1-28-20-19(21(32)29(2)23(28)33)30-14-18(15-8-4-3-5-9-15)27-31(22(30)26-20)13-12-25-17-11-7-6-10-16(17)24/h3-11,25H,12-14H2,1-2H3. The van der Waals surface area contributed by atoms with Crippen molar-refractivity contribution in [2.45, 2.75) is 6.54 Å². The van der Waals surface area contributed by atoms with Crippen molar-refractivity contribution in [1.82, 2.24) is 18.7 Å². The number of aromatic nitrogens is 4. The van der Waals surface area contributed by atoms with Crippen LogP contribution in [0.25, 0.3) is 11.2 Å². The molecule has 9 nitrogen and oxygen atoms in total. The molecule has 1 aliphatic rings. The number of hydrogen-bond donors (Lipinski definition) is 1. The summed E-state index contributed by atoms with van der Waals surface area (Å²) in [6.07, 6.45) is 0. The van der Waals surface area contributed by atoms with Crippen LogP contribution in [-0.2, 0) is 20.6 Å². The van der Waals surface area contributed by atoms with Gasteiger partial charge in [0.25, 0.3) is 5.56 Å². The van der Waals surface area contributed by atoms with Crippen molar-refractivity contribution in [3.05, 3.63) is 86.0 Å². The van der Waals surface area contributed by atoms with Gasteiger partial charge in [0.1, 0.15) is 0 Å². The fraction of sp³-hybridized carbons (Fsp3) is 0.217. The van der Waals surface area contributed by atoms with Gasteiger partial charge in [0.15, 0.2) is 11.2 Å². The predicted octanol–water partition coefficient (Wildman–Crippen LogP) is 2.42. The van der Waals surface area contributed by atoms with Gasteiger partial charge in [0.05, 0.1) is 29.5 Å². The first-order valence-corrected chi connectivity index (χ1v) is 10.9. The molecule has 5 rings (SSSR count). The maximum Gasteiger partial charge on any atom is 0.332 e. The smallest absolute Gasteiger partial charge is 0.332 e. The second-order valence-electron chi connectivity index (χ2n) is 7.82. The lowest BCUT2D eigenvalue weighted by molar-refractivity contribution is 0.700. The summed E-state index contributed by atoms with van der Waals surface area (Å²) in [6, 6.07) is 17.3. The molecule has 0 amide bonds. The van der Waals surface area contributed by atoms with Gasteiger partial charge in [0, 0.05) is 20.6 Å². The molecule has 0 atom stereocenters. The molecule has 0 saturated heterocycles. The van der Waals surface area contributed by atoms with Crippen LogP contribution >= 0.6 is 11.6 Å². The number of hydrogen-bond acceptors (Lipinski definition) is 6. The molecule has 168 valence electrons. The van der Waals surface area contributed by atoms with Gasteiger partial charge < -0.3 is 5.32 Å². The molecular weight excluding hydrogens is 442 g/mol. The van der Waals surface area contributed by atoms with E-state index in [2.05, 4.69) is 10.3 Å². The molecule has 0 spiro atoms. The average Bonchev–Trinajstić information content (AvgIpc) is 3.23. The number of benzene rings is 2. The lowest BCUT2D eigenvalue weighted by Gasteiger charge is -2.26. The van der Waals surface area contributed by atoms with Crippen LogP contribution in [0.4, 0.5) is 11.6 Å². The molecule has 0 saturated carbocycles. The Morgan fingerprint density at radius 2 is 1.73 bits per heavy atom. The molecule has 0 fully saturated rings. The zero-order chi connectivity index (χ0) is 23.1. The molecule has 2 aromatic heterocycles. The SMILES string of the molecule is Cn1c(=O)c2c(nc3n2CC(c2ccccc2)=NN3CCNc2ccccc2Cl)n(C)c1=O. The van der Waals surface area contributed by atoms with Crippen LogP contribution in [0, 0.1) is 0 Å². The molecule has 1 N–H and O–H groups in total. The molecule has 2 aromatic carbocycles. The average molecular weight is 464 g/mol. The summed E-state index contributed by atoms with van der Waals surface area (Å²) in [6.45, 7) is 1.38. The highest BCUT2D eigenvalue weighted by Crippen LogP contribution is 2.25. The minimum Gasteiger partial charge on any atom is -0.382 e. The molecular formula is C23H22ClN7O2. The van der Waals surface area contributed by atoms with Crippen molar-refractivity contribution >= 4 is 40.1 Å². The highest BCUT2D eigenvalue weighted by atomic mass is 35.5. The maximum atomic E-state index is 13.0. The van der Waals surface area contributed by atoms with Crippen molar-refractivity contribution in [2.24, 2.45) is 19.2 Å². The molecule has 0 radical (unpaired) electrons. The Morgan fingerprint density at radius 3 is 2.48 bits per heavy atom. The Kier molecular flexibility index (Phi) is 5.26. The largest absolute Gasteiger partial charge is 0.382 e. The number of fused-ring (bicyclic) bond motifs is 3. The third-order valence-electron chi connectivity index (χ3n) is 5.73. The van der Waals surface area contributed by atoms with E-state index in [9.17, 15) is 9.59 Å². The van der Waals surface area contributed by atoms with E-state index in [-0.39, 0.29) is 5.56 Å². The quantitative estimate of drug-likeness (QED) is 0.491.